The molecular weight excluding hydrogens is 441 g/mol. The Morgan fingerprint density at radius 3 is 2.58 bits per heavy atom. The van der Waals surface area contributed by atoms with Gasteiger partial charge in [-0.1, -0.05) is 57.9 Å². The average Bonchev–Trinajstić information content (AvgIpc) is 3.52. The predicted octanol–water partition coefficient (Wildman–Crippen LogP) is 5.35. The van der Waals surface area contributed by atoms with Crippen molar-refractivity contribution in [3.8, 4) is 34.3 Å². The molecule has 0 aliphatic heterocycles. The molecule has 0 amide bonds. The Morgan fingerprint density at radius 2 is 1.85 bits per heavy atom. The van der Waals surface area contributed by atoms with Crippen LogP contribution in [0.2, 0.25) is 0 Å². The Bertz CT molecular complexity index is 1380. The number of aliphatic hydroxyl groups is 1. The molecule has 1 aliphatic carbocycles. The zero-order valence-corrected chi connectivity index (χ0v) is 16.6. The van der Waals surface area contributed by atoms with Gasteiger partial charge in [-0.25, -0.2) is 0 Å². The van der Waals surface area contributed by atoms with Crippen molar-refractivity contribution in [3.05, 3.63) is 75.7 Å². The van der Waals surface area contributed by atoms with E-state index in [9.17, 15) is 18.3 Å². The summed E-state index contributed by atoms with van der Waals surface area (Å²) in [6.07, 6.45) is -5.42. The SMILES string of the molecule is [N-]=[N+]=N[C@@H]1Cc2cc(-c3noc(-c4onc(-c5ccccc5)c4C(F)(F)F)n3)ccc2[C@@H]1O. The maximum absolute atomic E-state index is 13.9. The fourth-order valence-electron chi connectivity index (χ4n) is 3.85. The van der Waals surface area contributed by atoms with Crippen LogP contribution in [0.25, 0.3) is 44.7 Å². The number of aromatic nitrogens is 3. The molecule has 2 atom stereocenters. The van der Waals surface area contributed by atoms with Crippen LogP contribution in [-0.4, -0.2) is 26.4 Å². The molecule has 1 aliphatic rings. The number of aliphatic hydroxyl groups excluding tert-OH is 1. The van der Waals surface area contributed by atoms with E-state index < -0.39 is 35.5 Å². The fraction of sp³-hybridized carbons (Fsp3) is 0.190. The highest BCUT2D eigenvalue weighted by molar-refractivity contribution is 5.71. The van der Waals surface area contributed by atoms with E-state index in [1.165, 1.54) is 12.1 Å². The first kappa shape index (κ1) is 20.7. The number of halogens is 3. The van der Waals surface area contributed by atoms with Gasteiger partial charge in [-0.05, 0) is 29.1 Å². The first-order chi connectivity index (χ1) is 15.9. The number of azide groups is 1. The minimum absolute atomic E-state index is 0.0281. The van der Waals surface area contributed by atoms with Crippen LogP contribution >= 0.6 is 0 Å². The molecule has 5 rings (SSSR count). The van der Waals surface area contributed by atoms with E-state index in [0.29, 0.717) is 23.1 Å². The minimum atomic E-state index is -4.78. The van der Waals surface area contributed by atoms with Crippen LogP contribution in [-0.2, 0) is 12.6 Å². The molecule has 0 spiro atoms. The number of nitrogens with zero attached hydrogens (tertiary/aromatic N) is 6. The summed E-state index contributed by atoms with van der Waals surface area (Å²) in [7, 11) is 0. The topological polar surface area (TPSA) is 134 Å². The third-order valence-corrected chi connectivity index (χ3v) is 5.36. The maximum atomic E-state index is 13.9. The number of benzene rings is 2. The van der Waals surface area contributed by atoms with Crippen molar-refractivity contribution in [2.75, 3.05) is 0 Å². The Balaban J connectivity index is 1.53. The van der Waals surface area contributed by atoms with Gasteiger partial charge in [-0.15, -0.1) is 0 Å². The van der Waals surface area contributed by atoms with Crippen LogP contribution in [0.15, 0.2) is 62.7 Å². The van der Waals surface area contributed by atoms with Crippen molar-refractivity contribution in [2.45, 2.75) is 24.7 Å². The zero-order chi connectivity index (χ0) is 23.2. The molecule has 33 heavy (non-hydrogen) atoms. The maximum Gasteiger partial charge on any atom is 0.422 e. The minimum Gasteiger partial charge on any atom is -0.388 e. The number of hydrogen-bond acceptors (Lipinski definition) is 7. The second-order valence-electron chi connectivity index (χ2n) is 7.36. The molecule has 2 aromatic heterocycles. The highest BCUT2D eigenvalue weighted by Crippen LogP contribution is 2.43. The number of rotatable bonds is 4. The third-order valence-electron chi connectivity index (χ3n) is 5.36. The molecule has 4 aromatic rings. The van der Waals surface area contributed by atoms with Gasteiger partial charge in [0.1, 0.15) is 11.3 Å². The summed E-state index contributed by atoms with van der Waals surface area (Å²) in [6.45, 7) is 0. The van der Waals surface area contributed by atoms with Crippen molar-refractivity contribution >= 4 is 0 Å². The van der Waals surface area contributed by atoms with Gasteiger partial charge in [-0.3, -0.25) is 0 Å². The van der Waals surface area contributed by atoms with Crippen molar-refractivity contribution in [1.29, 1.82) is 0 Å². The lowest BCUT2D eigenvalue weighted by molar-refractivity contribution is -0.136. The molecule has 0 radical (unpaired) electrons. The molecule has 9 nitrogen and oxygen atoms in total. The molecule has 166 valence electrons. The van der Waals surface area contributed by atoms with Gasteiger partial charge in [0, 0.05) is 16.0 Å². The molecule has 0 unspecified atom stereocenters. The molecule has 0 saturated carbocycles. The smallest absolute Gasteiger partial charge is 0.388 e. The fourth-order valence-corrected chi connectivity index (χ4v) is 3.85. The molecule has 12 heteroatoms. The van der Waals surface area contributed by atoms with E-state index in [1.807, 2.05) is 0 Å². The largest absolute Gasteiger partial charge is 0.422 e. The van der Waals surface area contributed by atoms with Gasteiger partial charge in [0.05, 0.1) is 12.1 Å². The molecule has 1 N–H and O–H groups in total. The molecule has 2 heterocycles. The second-order valence-corrected chi connectivity index (χ2v) is 7.36. The summed E-state index contributed by atoms with van der Waals surface area (Å²) < 4.78 is 51.7. The predicted molar refractivity (Wildman–Crippen MR) is 107 cm³/mol. The molecular formula is C21H13F3N6O3. The summed E-state index contributed by atoms with van der Waals surface area (Å²) in [5.74, 6) is -1.13. The molecule has 2 aromatic carbocycles. The van der Waals surface area contributed by atoms with E-state index in [0.717, 1.165) is 0 Å². The van der Waals surface area contributed by atoms with Gasteiger partial charge in [0.15, 0.2) is 0 Å². The van der Waals surface area contributed by atoms with E-state index >= 15 is 0 Å². The molecule has 0 fully saturated rings. The number of hydrogen-bond donors (Lipinski definition) is 1. The normalized spacial score (nSPS) is 17.6. The lowest BCUT2D eigenvalue weighted by Gasteiger charge is -2.07. The monoisotopic (exact) mass is 454 g/mol. The summed E-state index contributed by atoms with van der Waals surface area (Å²) in [5.41, 5.74) is 9.14. The van der Waals surface area contributed by atoms with Crippen LogP contribution in [0, 0.1) is 0 Å². The molecule has 0 bridgehead atoms. The standard InChI is InChI=1S/C21H13F3N6O3/c22-21(23,24)15-16(10-4-2-1-3-5-10)28-32-18(15)20-26-19(29-33-20)11-6-7-13-12(8-11)9-14(17(13)31)27-30-25/h1-8,14,17,31H,9H2/t14-,17+/m1/s1. The Morgan fingerprint density at radius 1 is 1.06 bits per heavy atom. The average molecular weight is 454 g/mol. The Kier molecular flexibility index (Phi) is 4.88. The second kappa shape index (κ2) is 7.76. The van der Waals surface area contributed by atoms with Gasteiger partial charge in [0.25, 0.3) is 5.89 Å². The summed E-state index contributed by atoms with van der Waals surface area (Å²) in [6, 6.07) is 12.1. The number of alkyl halides is 3. The highest BCUT2D eigenvalue weighted by Gasteiger charge is 2.43. The van der Waals surface area contributed by atoms with E-state index in [2.05, 4.69) is 25.3 Å². The molecule has 0 saturated heterocycles. The lowest BCUT2D eigenvalue weighted by Crippen LogP contribution is -2.09. The zero-order valence-electron chi connectivity index (χ0n) is 16.6. The van der Waals surface area contributed by atoms with Crippen LogP contribution in [0.5, 0.6) is 0 Å². The summed E-state index contributed by atoms with van der Waals surface area (Å²) in [4.78, 5) is 6.81. The summed E-state index contributed by atoms with van der Waals surface area (Å²) in [5, 5.41) is 21.2. The van der Waals surface area contributed by atoms with Crippen LogP contribution in [0.3, 0.4) is 0 Å². The Hall–Kier alpha value is -4.15. The van der Waals surface area contributed by atoms with Gasteiger partial charge in [-0.2, -0.15) is 18.2 Å². The van der Waals surface area contributed by atoms with Gasteiger partial charge in [0.2, 0.25) is 11.6 Å². The Labute approximate surface area is 183 Å². The van der Waals surface area contributed by atoms with Gasteiger partial charge >= 0.3 is 6.18 Å². The first-order valence-electron chi connectivity index (χ1n) is 9.68. The van der Waals surface area contributed by atoms with Crippen molar-refractivity contribution in [2.24, 2.45) is 5.11 Å². The lowest BCUT2D eigenvalue weighted by atomic mass is 10.0. The highest BCUT2D eigenvalue weighted by atomic mass is 19.4. The van der Waals surface area contributed by atoms with E-state index in [-0.39, 0.29) is 17.1 Å². The van der Waals surface area contributed by atoms with E-state index in [1.54, 1.807) is 36.4 Å². The third kappa shape index (κ3) is 3.60. The van der Waals surface area contributed by atoms with E-state index in [4.69, 9.17) is 14.6 Å². The summed E-state index contributed by atoms with van der Waals surface area (Å²) >= 11 is 0. The van der Waals surface area contributed by atoms with Crippen molar-refractivity contribution in [1.82, 2.24) is 15.3 Å². The van der Waals surface area contributed by atoms with Crippen LogP contribution in [0.4, 0.5) is 13.2 Å². The van der Waals surface area contributed by atoms with Crippen LogP contribution in [0.1, 0.15) is 22.8 Å². The first-order valence-corrected chi connectivity index (χ1v) is 9.68. The quantitative estimate of drug-likeness (QED) is 0.251. The van der Waals surface area contributed by atoms with Crippen molar-refractivity contribution < 1.29 is 27.3 Å². The van der Waals surface area contributed by atoms with Crippen LogP contribution < -0.4 is 0 Å². The number of fused-ring (bicyclic) bond motifs is 1. The van der Waals surface area contributed by atoms with Crippen molar-refractivity contribution in [3.63, 3.8) is 0 Å². The van der Waals surface area contributed by atoms with Gasteiger partial charge < -0.3 is 14.2 Å².